The number of rotatable bonds is 2. The van der Waals surface area contributed by atoms with E-state index < -0.39 is 0 Å². The lowest BCUT2D eigenvalue weighted by atomic mass is 10.1. The predicted molar refractivity (Wildman–Crippen MR) is 56.9 cm³/mol. The molecule has 0 aliphatic carbocycles. The number of aliphatic hydroxyl groups is 1. The Morgan fingerprint density at radius 3 is 2.62 bits per heavy atom. The van der Waals surface area contributed by atoms with Gasteiger partial charge < -0.3 is 10.0 Å². The Morgan fingerprint density at radius 2 is 2.15 bits per heavy atom. The number of aliphatic hydroxyl groups excluding tert-OH is 1. The Bertz CT molecular complexity index is 310. The van der Waals surface area contributed by atoms with Gasteiger partial charge in [0.2, 0.25) is 0 Å². The maximum Gasteiger partial charge on any atom is 0.0692 e. The van der Waals surface area contributed by atoms with Gasteiger partial charge in [0.15, 0.2) is 0 Å². The van der Waals surface area contributed by atoms with Crippen LogP contribution in [0.1, 0.15) is 12.0 Å². The van der Waals surface area contributed by atoms with E-state index in [9.17, 15) is 0 Å². The van der Waals surface area contributed by atoms with Gasteiger partial charge in [-0.1, -0.05) is 22.0 Å². The summed E-state index contributed by atoms with van der Waals surface area (Å²) in [4.78, 5) is 2.33. The molecule has 0 spiro atoms. The lowest BCUT2D eigenvalue weighted by molar-refractivity contribution is 0.281. The third-order valence-electron chi connectivity index (χ3n) is 2.43. The van der Waals surface area contributed by atoms with Crippen LogP contribution < -0.4 is 4.90 Å². The van der Waals surface area contributed by atoms with Gasteiger partial charge in [0.25, 0.3) is 0 Å². The summed E-state index contributed by atoms with van der Waals surface area (Å²) in [6, 6.07) is 6.11. The topological polar surface area (TPSA) is 23.5 Å². The second kappa shape index (κ2) is 3.68. The molecule has 2 rings (SSSR count). The van der Waals surface area contributed by atoms with Gasteiger partial charge >= 0.3 is 0 Å². The van der Waals surface area contributed by atoms with Crippen molar-refractivity contribution < 1.29 is 5.11 Å². The zero-order valence-electron chi connectivity index (χ0n) is 7.33. The normalized spacial score (nSPS) is 15.7. The molecule has 1 N–H and O–H groups in total. The number of halogens is 1. The highest BCUT2D eigenvalue weighted by atomic mass is 79.9. The smallest absolute Gasteiger partial charge is 0.0692 e. The van der Waals surface area contributed by atoms with Gasteiger partial charge in [0.1, 0.15) is 0 Å². The van der Waals surface area contributed by atoms with E-state index in [1.165, 1.54) is 12.1 Å². The average Bonchev–Trinajstić information content (AvgIpc) is 2.01. The SMILES string of the molecule is OCc1ccc(N2CCC2)cc1Br. The second-order valence-electron chi connectivity index (χ2n) is 3.27. The summed E-state index contributed by atoms with van der Waals surface area (Å²) in [5, 5.41) is 8.98. The van der Waals surface area contributed by atoms with E-state index in [4.69, 9.17) is 5.11 Å². The van der Waals surface area contributed by atoms with Crippen molar-refractivity contribution in [1.29, 1.82) is 0 Å². The van der Waals surface area contributed by atoms with Crippen molar-refractivity contribution in [1.82, 2.24) is 0 Å². The standard InChI is InChI=1S/C10H12BrNO/c11-10-6-9(12-4-1-5-12)3-2-8(10)7-13/h2-3,6,13H,1,4-5,7H2. The Morgan fingerprint density at radius 1 is 1.38 bits per heavy atom. The van der Waals surface area contributed by atoms with Crippen LogP contribution in [0.15, 0.2) is 22.7 Å². The summed E-state index contributed by atoms with van der Waals surface area (Å²) in [6.45, 7) is 2.41. The van der Waals surface area contributed by atoms with E-state index in [0.29, 0.717) is 0 Å². The molecule has 13 heavy (non-hydrogen) atoms. The van der Waals surface area contributed by atoms with E-state index in [1.54, 1.807) is 0 Å². The molecule has 1 heterocycles. The summed E-state index contributed by atoms with van der Waals surface area (Å²) in [7, 11) is 0. The number of benzene rings is 1. The van der Waals surface area contributed by atoms with Gasteiger partial charge in [-0.25, -0.2) is 0 Å². The van der Waals surface area contributed by atoms with Crippen molar-refractivity contribution in [2.24, 2.45) is 0 Å². The maximum absolute atomic E-state index is 8.98. The number of hydrogen-bond donors (Lipinski definition) is 1. The number of hydrogen-bond acceptors (Lipinski definition) is 2. The van der Waals surface area contributed by atoms with Crippen LogP contribution in [0.3, 0.4) is 0 Å². The van der Waals surface area contributed by atoms with Crippen molar-refractivity contribution in [3.05, 3.63) is 28.2 Å². The summed E-state index contributed by atoms with van der Waals surface area (Å²) in [5.74, 6) is 0. The van der Waals surface area contributed by atoms with E-state index >= 15 is 0 Å². The average molecular weight is 242 g/mol. The van der Waals surface area contributed by atoms with Crippen LogP contribution in [0.25, 0.3) is 0 Å². The first kappa shape index (κ1) is 9.03. The minimum Gasteiger partial charge on any atom is -0.392 e. The zero-order chi connectivity index (χ0) is 9.26. The first-order valence-corrected chi connectivity index (χ1v) is 5.25. The van der Waals surface area contributed by atoms with Crippen LogP contribution in [0.4, 0.5) is 5.69 Å². The fraction of sp³-hybridized carbons (Fsp3) is 0.400. The molecule has 1 saturated heterocycles. The first-order chi connectivity index (χ1) is 6.31. The molecular weight excluding hydrogens is 230 g/mol. The van der Waals surface area contributed by atoms with Gasteiger partial charge in [0, 0.05) is 23.2 Å². The van der Waals surface area contributed by atoms with E-state index in [2.05, 4.69) is 33.0 Å². The van der Waals surface area contributed by atoms with Crippen molar-refractivity contribution in [3.63, 3.8) is 0 Å². The third kappa shape index (κ3) is 1.71. The molecule has 1 aromatic rings. The van der Waals surface area contributed by atoms with Gasteiger partial charge in [-0.2, -0.15) is 0 Å². The Hall–Kier alpha value is -0.540. The molecule has 0 radical (unpaired) electrons. The monoisotopic (exact) mass is 241 g/mol. The Labute approximate surface area is 86.3 Å². The van der Waals surface area contributed by atoms with E-state index in [1.807, 2.05) is 6.07 Å². The van der Waals surface area contributed by atoms with Crippen LogP contribution in [0.2, 0.25) is 0 Å². The van der Waals surface area contributed by atoms with E-state index in [-0.39, 0.29) is 6.61 Å². The number of nitrogens with zero attached hydrogens (tertiary/aromatic N) is 1. The molecular formula is C10H12BrNO. The highest BCUT2D eigenvalue weighted by Gasteiger charge is 2.14. The largest absolute Gasteiger partial charge is 0.392 e. The summed E-state index contributed by atoms with van der Waals surface area (Å²) < 4.78 is 0.999. The van der Waals surface area contributed by atoms with Crippen molar-refractivity contribution in [2.75, 3.05) is 18.0 Å². The Balaban J connectivity index is 2.24. The van der Waals surface area contributed by atoms with Crippen LogP contribution in [-0.4, -0.2) is 18.2 Å². The van der Waals surface area contributed by atoms with E-state index in [0.717, 1.165) is 23.1 Å². The first-order valence-electron chi connectivity index (χ1n) is 4.45. The lowest BCUT2D eigenvalue weighted by Crippen LogP contribution is -2.36. The van der Waals surface area contributed by atoms with Crippen LogP contribution >= 0.6 is 15.9 Å². The highest BCUT2D eigenvalue weighted by molar-refractivity contribution is 9.10. The third-order valence-corrected chi connectivity index (χ3v) is 3.17. The molecule has 70 valence electrons. The molecule has 0 saturated carbocycles. The molecule has 1 aliphatic heterocycles. The predicted octanol–water partition coefficient (Wildman–Crippen LogP) is 2.15. The van der Waals surface area contributed by atoms with Gasteiger partial charge in [-0.15, -0.1) is 0 Å². The molecule has 0 unspecified atom stereocenters. The van der Waals surface area contributed by atoms with Crippen molar-refractivity contribution in [3.8, 4) is 0 Å². The van der Waals surface area contributed by atoms with Crippen LogP contribution in [0.5, 0.6) is 0 Å². The summed E-state index contributed by atoms with van der Waals surface area (Å²) in [6.07, 6.45) is 1.29. The Kier molecular flexibility index (Phi) is 2.56. The molecule has 0 bridgehead atoms. The quantitative estimate of drug-likeness (QED) is 0.858. The summed E-state index contributed by atoms with van der Waals surface area (Å²) >= 11 is 3.44. The van der Waals surface area contributed by atoms with Gasteiger partial charge in [0.05, 0.1) is 6.61 Å². The molecule has 0 amide bonds. The maximum atomic E-state index is 8.98. The van der Waals surface area contributed by atoms with Gasteiger partial charge in [-0.05, 0) is 24.1 Å². The molecule has 0 atom stereocenters. The molecule has 1 aromatic carbocycles. The second-order valence-corrected chi connectivity index (χ2v) is 4.13. The summed E-state index contributed by atoms with van der Waals surface area (Å²) in [5.41, 5.74) is 2.19. The van der Waals surface area contributed by atoms with Crippen molar-refractivity contribution >= 4 is 21.6 Å². The minimum atomic E-state index is 0.0981. The van der Waals surface area contributed by atoms with Crippen LogP contribution in [0, 0.1) is 0 Å². The molecule has 1 aliphatic rings. The molecule has 2 nitrogen and oxygen atoms in total. The fourth-order valence-corrected chi connectivity index (χ4v) is 1.93. The number of anilines is 1. The lowest BCUT2D eigenvalue weighted by Gasteiger charge is -2.33. The highest BCUT2D eigenvalue weighted by Crippen LogP contribution is 2.26. The minimum absolute atomic E-state index is 0.0981. The fourth-order valence-electron chi connectivity index (χ4n) is 1.44. The van der Waals surface area contributed by atoms with Crippen LogP contribution in [-0.2, 0) is 6.61 Å². The van der Waals surface area contributed by atoms with Crippen molar-refractivity contribution in [2.45, 2.75) is 13.0 Å². The zero-order valence-corrected chi connectivity index (χ0v) is 8.92. The molecule has 1 fully saturated rings. The molecule has 0 aromatic heterocycles. The molecule has 3 heteroatoms. The van der Waals surface area contributed by atoms with Gasteiger partial charge in [-0.3, -0.25) is 0 Å².